The van der Waals surface area contributed by atoms with Gasteiger partial charge in [0.2, 0.25) is 0 Å². The molecule has 0 aliphatic carbocycles. The number of para-hydroxylation sites is 1. The van der Waals surface area contributed by atoms with Crippen LogP contribution in [0.15, 0.2) is 54.1 Å². The van der Waals surface area contributed by atoms with Gasteiger partial charge in [0.15, 0.2) is 0 Å². The van der Waals surface area contributed by atoms with E-state index in [1.807, 2.05) is 45.0 Å². The molecule has 0 saturated carbocycles. The zero-order chi connectivity index (χ0) is 22.5. The Bertz CT molecular complexity index is 978. The predicted molar refractivity (Wildman–Crippen MR) is 119 cm³/mol. The number of unbranched alkanes of at least 4 members (excludes halogenated alkanes) is 1. The number of Topliss-reactive ketones (excluding diaryl/α,β-unsaturated/α-hetero) is 1. The van der Waals surface area contributed by atoms with E-state index < -0.39 is 17.7 Å². The van der Waals surface area contributed by atoms with Crippen molar-refractivity contribution in [3.63, 3.8) is 0 Å². The van der Waals surface area contributed by atoms with Crippen molar-refractivity contribution >= 4 is 17.4 Å². The monoisotopic (exact) mass is 423 g/mol. The number of nitrogens with zero attached hydrogens (tertiary/aromatic N) is 1. The number of likely N-dealkylation sites (tertiary alicyclic amines) is 1. The van der Waals surface area contributed by atoms with Crippen molar-refractivity contribution in [2.75, 3.05) is 13.7 Å². The fourth-order valence-electron chi connectivity index (χ4n) is 3.73. The van der Waals surface area contributed by atoms with Crippen LogP contribution < -0.4 is 9.47 Å². The van der Waals surface area contributed by atoms with E-state index in [2.05, 4.69) is 0 Å². The first-order valence-corrected chi connectivity index (χ1v) is 10.6. The molecule has 1 unspecified atom stereocenters. The van der Waals surface area contributed by atoms with Crippen molar-refractivity contribution in [2.24, 2.45) is 0 Å². The number of hydrogen-bond donors (Lipinski definition) is 1. The number of amides is 1. The first-order valence-electron chi connectivity index (χ1n) is 10.6. The molecule has 0 bridgehead atoms. The Hall–Kier alpha value is -3.28. The van der Waals surface area contributed by atoms with E-state index in [4.69, 9.17) is 9.47 Å². The number of benzene rings is 2. The molecule has 3 rings (SSSR count). The van der Waals surface area contributed by atoms with Crippen molar-refractivity contribution in [1.82, 2.24) is 4.90 Å². The van der Waals surface area contributed by atoms with Crippen LogP contribution in [0.3, 0.4) is 0 Å². The Morgan fingerprint density at radius 2 is 1.77 bits per heavy atom. The molecule has 164 valence electrons. The van der Waals surface area contributed by atoms with Gasteiger partial charge in [0.1, 0.15) is 17.3 Å². The molecule has 6 heteroatoms. The normalized spacial score (nSPS) is 18.0. The molecule has 0 spiro atoms. The van der Waals surface area contributed by atoms with E-state index in [1.54, 1.807) is 36.3 Å². The number of ketones is 1. The van der Waals surface area contributed by atoms with Crippen LogP contribution in [0.2, 0.25) is 0 Å². The molecule has 1 N–H and O–H groups in total. The number of hydrogen-bond acceptors (Lipinski definition) is 5. The fraction of sp³-hybridized carbons (Fsp3) is 0.360. The maximum Gasteiger partial charge on any atom is 0.295 e. The number of aliphatic hydroxyl groups is 1. The summed E-state index contributed by atoms with van der Waals surface area (Å²) >= 11 is 0. The summed E-state index contributed by atoms with van der Waals surface area (Å²) in [6, 6.07) is 13.4. The van der Waals surface area contributed by atoms with Crippen molar-refractivity contribution in [2.45, 2.75) is 45.8 Å². The highest BCUT2D eigenvalue weighted by molar-refractivity contribution is 6.46. The molecule has 2 aromatic carbocycles. The lowest BCUT2D eigenvalue weighted by Gasteiger charge is -2.27. The summed E-state index contributed by atoms with van der Waals surface area (Å²) in [5, 5.41) is 11.1. The molecule has 1 aliphatic rings. The SMILES string of the molecule is CCCCN1C(=O)C(=O)/C(=C(\O)c2ccc(OC)cc2)C1c1ccccc1OC(C)C. The summed E-state index contributed by atoms with van der Waals surface area (Å²) < 4.78 is 11.1. The van der Waals surface area contributed by atoms with E-state index >= 15 is 0 Å². The second kappa shape index (κ2) is 9.69. The third-order valence-corrected chi connectivity index (χ3v) is 5.23. The molecule has 1 saturated heterocycles. The van der Waals surface area contributed by atoms with Crippen molar-refractivity contribution in [3.8, 4) is 11.5 Å². The zero-order valence-corrected chi connectivity index (χ0v) is 18.4. The molecule has 1 atom stereocenters. The summed E-state index contributed by atoms with van der Waals surface area (Å²) in [6.45, 7) is 6.28. The number of methoxy groups -OCH3 is 1. The smallest absolute Gasteiger partial charge is 0.295 e. The molecule has 6 nitrogen and oxygen atoms in total. The minimum Gasteiger partial charge on any atom is -0.507 e. The number of rotatable bonds is 8. The van der Waals surface area contributed by atoms with Gasteiger partial charge in [-0.05, 0) is 50.6 Å². The predicted octanol–water partition coefficient (Wildman–Crippen LogP) is 4.70. The van der Waals surface area contributed by atoms with Crippen LogP contribution in [0.5, 0.6) is 11.5 Å². The third-order valence-electron chi connectivity index (χ3n) is 5.23. The molecule has 0 aromatic heterocycles. The maximum absolute atomic E-state index is 13.1. The van der Waals surface area contributed by atoms with Gasteiger partial charge in [-0.2, -0.15) is 0 Å². The lowest BCUT2D eigenvalue weighted by Crippen LogP contribution is -2.31. The van der Waals surface area contributed by atoms with E-state index in [9.17, 15) is 14.7 Å². The number of aliphatic hydroxyl groups excluding tert-OH is 1. The largest absolute Gasteiger partial charge is 0.507 e. The lowest BCUT2D eigenvalue weighted by molar-refractivity contribution is -0.139. The van der Waals surface area contributed by atoms with Gasteiger partial charge in [-0.3, -0.25) is 9.59 Å². The van der Waals surface area contributed by atoms with E-state index in [1.165, 1.54) is 0 Å². The Morgan fingerprint density at radius 3 is 2.39 bits per heavy atom. The van der Waals surface area contributed by atoms with E-state index in [0.717, 1.165) is 12.8 Å². The molecule has 31 heavy (non-hydrogen) atoms. The molecule has 0 radical (unpaired) electrons. The Morgan fingerprint density at radius 1 is 1.10 bits per heavy atom. The van der Waals surface area contributed by atoms with Crippen LogP contribution in [0.1, 0.15) is 50.8 Å². The topological polar surface area (TPSA) is 76.1 Å². The molecule has 1 aliphatic heterocycles. The second-order valence-corrected chi connectivity index (χ2v) is 7.78. The van der Waals surface area contributed by atoms with Crippen LogP contribution in [0.25, 0.3) is 5.76 Å². The van der Waals surface area contributed by atoms with Crippen LogP contribution >= 0.6 is 0 Å². The van der Waals surface area contributed by atoms with Crippen LogP contribution in [0, 0.1) is 0 Å². The summed E-state index contributed by atoms with van der Waals surface area (Å²) in [7, 11) is 1.56. The van der Waals surface area contributed by atoms with Crippen LogP contribution in [0.4, 0.5) is 0 Å². The minimum absolute atomic E-state index is 0.0751. The highest BCUT2D eigenvalue weighted by atomic mass is 16.5. The Labute approximate surface area is 183 Å². The minimum atomic E-state index is -0.719. The van der Waals surface area contributed by atoms with E-state index in [0.29, 0.717) is 29.2 Å². The Kier molecular flexibility index (Phi) is 7.00. The molecule has 1 amide bonds. The summed E-state index contributed by atoms with van der Waals surface area (Å²) in [5.74, 6) is -0.273. The van der Waals surface area contributed by atoms with Gasteiger partial charge in [0.05, 0.1) is 24.8 Å². The number of carbonyl (C=O) groups excluding carboxylic acids is 2. The standard InChI is InChI=1S/C25H29NO5/c1-5-6-15-26-22(19-9-7-8-10-20(19)31-16(2)3)21(24(28)25(26)29)23(27)17-11-13-18(30-4)14-12-17/h7-14,16,22,27H,5-6,15H2,1-4H3/b23-21-. The van der Waals surface area contributed by atoms with E-state index in [-0.39, 0.29) is 17.4 Å². The third kappa shape index (κ3) is 4.58. The number of carbonyl (C=O) groups is 2. The zero-order valence-electron chi connectivity index (χ0n) is 18.4. The van der Waals surface area contributed by atoms with Crippen molar-refractivity contribution in [3.05, 3.63) is 65.2 Å². The van der Waals surface area contributed by atoms with Crippen LogP contribution in [-0.2, 0) is 9.59 Å². The molecule has 2 aromatic rings. The summed E-state index contributed by atoms with van der Waals surface area (Å²) in [6.07, 6.45) is 1.54. The van der Waals surface area contributed by atoms with Gasteiger partial charge in [-0.15, -0.1) is 0 Å². The lowest BCUT2D eigenvalue weighted by atomic mass is 9.94. The average Bonchev–Trinajstić information content (AvgIpc) is 3.01. The van der Waals surface area contributed by atoms with Crippen molar-refractivity contribution in [1.29, 1.82) is 0 Å². The van der Waals surface area contributed by atoms with Gasteiger partial charge in [-0.25, -0.2) is 0 Å². The molecule has 1 heterocycles. The first-order chi connectivity index (χ1) is 14.9. The van der Waals surface area contributed by atoms with Gasteiger partial charge in [-0.1, -0.05) is 31.5 Å². The molecular formula is C25H29NO5. The molecule has 1 fully saturated rings. The summed E-state index contributed by atoms with van der Waals surface area (Å²) in [4.78, 5) is 27.5. The quantitative estimate of drug-likeness (QED) is 0.378. The average molecular weight is 424 g/mol. The van der Waals surface area contributed by atoms with Gasteiger partial charge >= 0.3 is 0 Å². The van der Waals surface area contributed by atoms with Crippen molar-refractivity contribution < 1.29 is 24.2 Å². The maximum atomic E-state index is 13.1. The van der Waals surface area contributed by atoms with Crippen LogP contribution in [-0.4, -0.2) is 41.5 Å². The molecular weight excluding hydrogens is 394 g/mol. The van der Waals surface area contributed by atoms with Gasteiger partial charge < -0.3 is 19.5 Å². The second-order valence-electron chi connectivity index (χ2n) is 7.78. The first kappa shape index (κ1) is 22.4. The fourth-order valence-corrected chi connectivity index (χ4v) is 3.73. The highest BCUT2D eigenvalue weighted by Crippen LogP contribution is 2.43. The highest BCUT2D eigenvalue weighted by Gasteiger charge is 2.46. The Balaban J connectivity index is 2.18. The summed E-state index contributed by atoms with van der Waals surface area (Å²) in [5.41, 5.74) is 1.20. The van der Waals surface area contributed by atoms with Gasteiger partial charge in [0, 0.05) is 17.7 Å². The van der Waals surface area contributed by atoms with Gasteiger partial charge in [0.25, 0.3) is 11.7 Å². The number of ether oxygens (including phenoxy) is 2.